The van der Waals surface area contributed by atoms with Crippen LogP contribution < -0.4 is 5.32 Å². The second-order valence-corrected chi connectivity index (χ2v) is 6.88. The molecule has 1 aromatic rings. The summed E-state index contributed by atoms with van der Waals surface area (Å²) in [4.78, 5) is 7.13. The first kappa shape index (κ1) is 22.2. The van der Waals surface area contributed by atoms with Crippen molar-refractivity contribution in [2.75, 3.05) is 32.8 Å². The average Bonchev–Trinajstić information content (AvgIpc) is 3.00. The first-order valence-electron chi connectivity index (χ1n) is 9.23. The molecule has 0 spiro atoms. The van der Waals surface area contributed by atoms with Crippen molar-refractivity contribution in [2.45, 2.75) is 46.1 Å². The van der Waals surface area contributed by atoms with E-state index in [4.69, 9.17) is 9.73 Å². The van der Waals surface area contributed by atoms with E-state index in [9.17, 15) is 0 Å². The number of ether oxygens (including phenoxy) is 1. The first-order valence-corrected chi connectivity index (χ1v) is 9.23. The summed E-state index contributed by atoms with van der Waals surface area (Å²) in [7, 11) is 1.94. The standard InChI is InChI=1S/C18H33N5O.HI/c1-5-19-18(20-9-7-6-8-15(2)3)23-10-11-24-17(14-23)16-12-21-22(4)13-16;/h12-13,15,17H,5-11,14H2,1-4H3,(H,19,20);1H. The topological polar surface area (TPSA) is 54.7 Å². The molecule has 2 heterocycles. The zero-order chi connectivity index (χ0) is 17.4. The third-order valence-corrected chi connectivity index (χ3v) is 4.25. The molecular weight excluding hydrogens is 429 g/mol. The van der Waals surface area contributed by atoms with Gasteiger partial charge in [-0.3, -0.25) is 9.67 Å². The molecule has 6 nitrogen and oxygen atoms in total. The van der Waals surface area contributed by atoms with E-state index < -0.39 is 0 Å². The molecule has 1 aliphatic heterocycles. The molecular formula is C18H34IN5O. The minimum atomic E-state index is 0. The van der Waals surface area contributed by atoms with Crippen LogP contribution in [0, 0.1) is 5.92 Å². The smallest absolute Gasteiger partial charge is 0.194 e. The minimum absolute atomic E-state index is 0. The van der Waals surface area contributed by atoms with Crippen molar-refractivity contribution in [3.8, 4) is 0 Å². The number of nitrogens with one attached hydrogen (secondary N) is 1. The summed E-state index contributed by atoms with van der Waals surface area (Å²) >= 11 is 0. The summed E-state index contributed by atoms with van der Waals surface area (Å²) in [5.74, 6) is 1.79. The van der Waals surface area contributed by atoms with Crippen molar-refractivity contribution in [1.82, 2.24) is 20.0 Å². The van der Waals surface area contributed by atoms with E-state index in [1.54, 1.807) is 0 Å². The molecule has 144 valence electrons. The maximum atomic E-state index is 5.93. The van der Waals surface area contributed by atoms with E-state index in [1.807, 2.05) is 24.1 Å². The lowest BCUT2D eigenvalue weighted by Crippen LogP contribution is -2.48. The third-order valence-electron chi connectivity index (χ3n) is 4.25. The summed E-state index contributed by atoms with van der Waals surface area (Å²) in [6.07, 6.45) is 7.68. The molecule has 1 fully saturated rings. The highest BCUT2D eigenvalue weighted by molar-refractivity contribution is 14.0. The van der Waals surface area contributed by atoms with E-state index in [-0.39, 0.29) is 30.1 Å². The van der Waals surface area contributed by atoms with Crippen LogP contribution in [0.15, 0.2) is 17.4 Å². The number of guanidine groups is 1. The van der Waals surface area contributed by atoms with E-state index in [1.165, 1.54) is 12.8 Å². The Hall–Kier alpha value is -0.830. The Balaban J connectivity index is 0.00000312. The Morgan fingerprint density at radius 3 is 2.88 bits per heavy atom. The number of halogens is 1. The average molecular weight is 463 g/mol. The van der Waals surface area contributed by atoms with Gasteiger partial charge >= 0.3 is 0 Å². The second kappa shape index (κ2) is 11.7. The molecule has 2 rings (SSSR count). The number of hydrogen-bond donors (Lipinski definition) is 1. The zero-order valence-corrected chi connectivity index (χ0v) is 18.4. The van der Waals surface area contributed by atoms with Crippen molar-refractivity contribution >= 4 is 29.9 Å². The van der Waals surface area contributed by atoms with Crippen LogP contribution in [-0.2, 0) is 11.8 Å². The van der Waals surface area contributed by atoms with Crippen LogP contribution >= 0.6 is 24.0 Å². The molecule has 0 amide bonds. The van der Waals surface area contributed by atoms with Gasteiger partial charge in [0.15, 0.2) is 5.96 Å². The second-order valence-electron chi connectivity index (χ2n) is 6.88. The Labute approximate surface area is 169 Å². The van der Waals surface area contributed by atoms with Crippen molar-refractivity contribution in [2.24, 2.45) is 18.0 Å². The van der Waals surface area contributed by atoms with E-state index >= 15 is 0 Å². The molecule has 25 heavy (non-hydrogen) atoms. The Bertz CT molecular complexity index is 517. The minimum Gasteiger partial charge on any atom is -0.370 e. The van der Waals surface area contributed by atoms with Gasteiger partial charge in [0.2, 0.25) is 0 Å². The number of nitrogens with zero attached hydrogens (tertiary/aromatic N) is 4. The molecule has 1 saturated heterocycles. The third kappa shape index (κ3) is 7.52. The van der Waals surface area contributed by atoms with Gasteiger partial charge in [0, 0.05) is 38.4 Å². The van der Waals surface area contributed by atoms with Crippen molar-refractivity contribution in [1.29, 1.82) is 0 Å². The van der Waals surface area contributed by atoms with Gasteiger partial charge in [0.25, 0.3) is 0 Å². The van der Waals surface area contributed by atoms with E-state index in [0.717, 1.165) is 56.6 Å². The monoisotopic (exact) mass is 463 g/mol. The molecule has 1 atom stereocenters. The van der Waals surface area contributed by atoms with Crippen LogP contribution in [0.3, 0.4) is 0 Å². The van der Waals surface area contributed by atoms with Crippen molar-refractivity contribution in [3.63, 3.8) is 0 Å². The zero-order valence-electron chi connectivity index (χ0n) is 16.1. The Morgan fingerprint density at radius 1 is 1.44 bits per heavy atom. The SMILES string of the molecule is CCNC(=NCCCCC(C)C)N1CCOC(c2cnn(C)c2)C1.I. The summed E-state index contributed by atoms with van der Waals surface area (Å²) in [5.41, 5.74) is 1.13. The molecule has 0 saturated carbocycles. The molecule has 1 N–H and O–H groups in total. The molecule has 1 aromatic heterocycles. The molecule has 1 unspecified atom stereocenters. The largest absolute Gasteiger partial charge is 0.370 e. The molecule has 0 aromatic carbocycles. The molecule has 1 aliphatic rings. The molecule has 0 bridgehead atoms. The highest BCUT2D eigenvalue weighted by Crippen LogP contribution is 2.21. The normalized spacial score (nSPS) is 18.4. The van der Waals surface area contributed by atoms with Gasteiger partial charge in [-0.1, -0.05) is 26.7 Å². The van der Waals surface area contributed by atoms with Gasteiger partial charge in [-0.2, -0.15) is 5.10 Å². The van der Waals surface area contributed by atoms with Crippen LogP contribution in [-0.4, -0.2) is 53.4 Å². The maximum absolute atomic E-state index is 5.93. The van der Waals surface area contributed by atoms with Gasteiger partial charge in [0.1, 0.15) is 6.10 Å². The molecule has 0 aliphatic carbocycles. The fourth-order valence-electron chi connectivity index (χ4n) is 2.92. The van der Waals surface area contributed by atoms with Gasteiger partial charge < -0.3 is 15.0 Å². The number of aryl methyl sites for hydroxylation is 1. The van der Waals surface area contributed by atoms with E-state index in [0.29, 0.717) is 0 Å². The lowest BCUT2D eigenvalue weighted by molar-refractivity contribution is -0.00804. The highest BCUT2D eigenvalue weighted by Gasteiger charge is 2.25. The van der Waals surface area contributed by atoms with Crippen LogP contribution in [0.4, 0.5) is 0 Å². The van der Waals surface area contributed by atoms with Crippen LogP contribution in [0.1, 0.15) is 51.7 Å². The quantitative estimate of drug-likeness (QED) is 0.292. The van der Waals surface area contributed by atoms with Crippen molar-refractivity contribution < 1.29 is 4.74 Å². The number of hydrogen-bond acceptors (Lipinski definition) is 3. The Kier molecular flexibility index (Phi) is 10.4. The fraction of sp³-hybridized carbons (Fsp3) is 0.778. The fourth-order valence-corrected chi connectivity index (χ4v) is 2.92. The Morgan fingerprint density at radius 2 is 2.24 bits per heavy atom. The summed E-state index contributed by atoms with van der Waals surface area (Å²) in [5, 5.41) is 7.68. The van der Waals surface area contributed by atoms with Crippen LogP contribution in [0.5, 0.6) is 0 Å². The number of morpholine rings is 1. The van der Waals surface area contributed by atoms with Gasteiger partial charge in [-0.05, 0) is 19.3 Å². The summed E-state index contributed by atoms with van der Waals surface area (Å²) < 4.78 is 7.75. The number of unbranched alkanes of at least 4 members (excludes halogenated alkanes) is 1. The van der Waals surface area contributed by atoms with Crippen molar-refractivity contribution in [3.05, 3.63) is 18.0 Å². The lowest BCUT2D eigenvalue weighted by Gasteiger charge is -2.34. The van der Waals surface area contributed by atoms with Gasteiger partial charge in [-0.25, -0.2) is 0 Å². The molecule has 0 radical (unpaired) electrons. The van der Waals surface area contributed by atoms with Gasteiger partial charge in [-0.15, -0.1) is 24.0 Å². The first-order chi connectivity index (χ1) is 11.6. The van der Waals surface area contributed by atoms with Gasteiger partial charge in [0.05, 0.1) is 19.3 Å². The number of rotatable bonds is 7. The van der Waals surface area contributed by atoms with E-state index in [2.05, 4.69) is 36.1 Å². The highest BCUT2D eigenvalue weighted by atomic mass is 127. The van der Waals surface area contributed by atoms with Crippen LogP contribution in [0.2, 0.25) is 0 Å². The molecule has 7 heteroatoms. The predicted molar refractivity (Wildman–Crippen MR) is 114 cm³/mol. The number of aliphatic imine (C=N–C) groups is 1. The summed E-state index contributed by atoms with van der Waals surface area (Å²) in [6, 6.07) is 0. The summed E-state index contributed by atoms with van der Waals surface area (Å²) in [6.45, 7) is 10.9. The number of aromatic nitrogens is 2. The lowest BCUT2D eigenvalue weighted by atomic mass is 10.1. The maximum Gasteiger partial charge on any atom is 0.194 e. The predicted octanol–water partition coefficient (Wildman–Crippen LogP) is 3.20. The van der Waals surface area contributed by atoms with Crippen LogP contribution in [0.25, 0.3) is 0 Å².